The highest BCUT2D eigenvalue weighted by Gasteiger charge is 2.34. The van der Waals surface area contributed by atoms with Gasteiger partial charge in [0.05, 0.1) is 10.9 Å². The van der Waals surface area contributed by atoms with E-state index in [-0.39, 0.29) is 17.2 Å². The standard InChI is InChI=1S/C25H29N3O3/c1-17(27-26)20(16-28-14-8-3-9-15-28)22(18-10-4-2-5-11-18)23-24(29)19-12-6-7-13-21(19)31-25(23)30/h2,4-7,10-13,20,22,29H,3,8-9,14-16,26H2,1H3/b27-17-/t20-,22+/m0/s1. The van der Waals surface area contributed by atoms with E-state index in [0.29, 0.717) is 17.5 Å². The van der Waals surface area contributed by atoms with Crippen LogP contribution in [0.2, 0.25) is 0 Å². The van der Waals surface area contributed by atoms with Crippen molar-refractivity contribution in [2.75, 3.05) is 19.6 Å². The number of para-hydroxylation sites is 1. The molecule has 31 heavy (non-hydrogen) atoms. The molecule has 1 fully saturated rings. The predicted octanol–water partition coefficient (Wildman–Crippen LogP) is 4.07. The molecule has 0 saturated carbocycles. The molecule has 2 atom stereocenters. The third-order valence-corrected chi connectivity index (χ3v) is 6.34. The van der Waals surface area contributed by atoms with Crippen molar-refractivity contribution in [3.05, 3.63) is 76.1 Å². The Morgan fingerprint density at radius 1 is 1.10 bits per heavy atom. The number of aromatic hydroxyl groups is 1. The number of hydrogen-bond acceptors (Lipinski definition) is 6. The lowest BCUT2D eigenvalue weighted by molar-refractivity contribution is 0.207. The summed E-state index contributed by atoms with van der Waals surface area (Å²) in [7, 11) is 0. The van der Waals surface area contributed by atoms with Crippen molar-refractivity contribution in [2.45, 2.75) is 32.1 Å². The Balaban J connectivity index is 1.90. The van der Waals surface area contributed by atoms with E-state index in [2.05, 4.69) is 10.0 Å². The Hall–Kier alpha value is -3.12. The molecule has 0 aliphatic carbocycles. The van der Waals surface area contributed by atoms with Crippen molar-refractivity contribution in [1.29, 1.82) is 0 Å². The number of piperidine rings is 1. The number of hydrazone groups is 1. The first-order valence-corrected chi connectivity index (χ1v) is 10.9. The lowest BCUT2D eigenvalue weighted by Crippen LogP contribution is -2.40. The summed E-state index contributed by atoms with van der Waals surface area (Å²) in [5.41, 5.74) is 1.77. The SMILES string of the molecule is C/C(=N/N)[C@H](CN1CCCCC1)[C@@H](c1ccccc1)c1c(O)c2ccccc2oc1=O. The summed E-state index contributed by atoms with van der Waals surface area (Å²) in [6.45, 7) is 4.62. The van der Waals surface area contributed by atoms with Crippen LogP contribution < -0.4 is 11.5 Å². The zero-order valence-corrected chi connectivity index (χ0v) is 17.8. The van der Waals surface area contributed by atoms with Gasteiger partial charge in [0.25, 0.3) is 0 Å². The van der Waals surface area contributed by atoms with E-state index < -0.39 is 11.5 Å². The van der Waals surface area contributed by atoms with Gasteiger partial charge in [0.15, 0.2) is 0 Å². The minimum Gasteiger partial charge on any atom is -0.507 e. The lowest BCUT2D eigenvalue weighted by Gasteiger charge is -2.34. The molecule has 0 unspecified atom stereocenters. The van der Waals surface area contributed by atoms with Gasteiger partial charge in [0.2, 0.25) is 0 Å². The molecular weight excluding hydrogens is 390 g/mol. The van der Waals surface area contributed by atoms with Crippen LogP contribution in [0, 0.1) is 5.92 Å². The average Bonchev–Trinajstić information content (AvgIpc) is 2.81. The molecule has 1 saturated heterocycles. The summed E-state index contributed by atoms with van der Waals surface area (Å²) < 4.78 is 5.63. The van der Waals surface area contributed by atoms with Crippen LogP contribution in [-0.2, 0) is 0 Å². The Kier molecular flexibility index (Phi) is 6.37. The summed E-state index contributed by atoms with van der Waals surface area (Å²) in [6.07, 6.45) is 3.55. The van der Waals surface area contributed by atoms with Crippen molar-refractivity contribution in [3.63, 3.8) is 0 Å². The van der Waals surface area contributed by atoms with Crippen LogP contribution in [0.25, 0.3) is 11.0 Å². The van der Waals surface area contributed by atoms with Crippen molar-refractivity contribution in [1.82, 2.24) is 4.90 Å². The number of hydrogen-bond donors (Lipinski definition) is 2. The zero-order chi connectivity index (χ0) is 21.8. The fourth-order valence-corrected chi connectivity index (χ4v) is 4.68. The van der Waals surface area contributed by atoms with Crippen LogP contribution in [-0.4, -0.2) is 35.4 Å². The Morgan fingerprint density at radius 3 is 2.48 bits per heavy atom. The van der Waals surface area contributed by atoms with Crippen molar-refractivity contribution in [2.24, 2.45) is 16.9 Å². The maximum absolute atomic E-state index is 13.2. The predicted molar refractivity (Wildman–Crippen MR) is 124 cm³/mol. The molecule has 6 nitrogen and oxygen atoms in total. The number of likely N-dealkylation sites (tertiary alicyclic amines) is 1. The largest absolute Gasteiger partial charge is 0.507 e. The molecule has 162 valence electrons. The van der Waals surface area contributed by atoms with Crippen LogP contribution in [0.5, 0.6) is 5.75 Å². The highest BCUT2D eigenvalue weighted by Crippen LogP contribution is 2.39. The van der Waals surface area contributed by atoms with Gasteiger partial charge < -0.3 is 20.3 Å². The number of nitrogens with two attached hydrogens (primary N) is 1. The van der Waals surface area contributed by atoms with E-state index in [1.54, 1.807) is 18.2 Å². The number of rotatable bonds is 6. The normalized spacial score (nSPS) is 17.5. The Morgan fingerprint density at radius 2 is 1.77 bits per heavy atom. The maximum atomic E-state index is 13.2. The third-order valence-electron chi connectivity index (χ3n) is 6.34. The third kappa shape index (κ3) is 4.35. The van der Waals surface area contributed by atoms with Crippen molar-refractivity contribution < 1.29 is 9.52 Å². The molecule has 3 N–H and O–H groups in total. The smallest absolute Gasteiger partial charge is 0.343 e. The van der Waals surface area contributed by atoms with Crippen molar-refractivity contribution in [3.8, 4) is 5.75 Å². The number of fused-ring (bicyclic) bond motifs is 1. The zero-order valence-electron chi connectivity index (χ0n) is 17.8. The molecule has 3 aromatic rings. The molecule has 0 spiro atoms. The second-order valence-electron chi connectivity index (χ2n) is 8.27. The van der Waals surface area contributed by atoms with Gasteiger partial charge in [0, 0.05) is 24.1 Å². The lowest BCUT2D eigenvalue weighted by atomic mass is 9.78. The Bertz CT molecular complexity index is 1120. The van der Waals surface area contributed by atoms with Gasteiger partial charge in [-0.25, -0.2) is 4.79 Å². The Labute approximate surface area is 182 Å². The molecule has 6 heteroatoms. The molecule has 1 aliphatic rings. The minimum absolute atomic E-state index is 0.0332. The van der Waals surface area contributed by atoms with E-state index in [1.165, 1.54) is 6.42 Å². The fourth-order valence-electron chi connectivity index (χ4n) is 4.68. The van der Waals surface area contributed by atoms with E-state index in [9.17, 15) is 9.90 Å². The summed E-state index contributed by atoms with van der Waals surface area (Å²) >= 11 is 0. The van der Waals surface area contributed by atoms with Gasteiger partial charge in [0.1, 0.15) is 11.3 Å². The second-order valence-corrected chi connectivity index (χ2v) is 8.27. The van der Waals surface area contributed by atoms with Crippen LogP contribution in [0.4, 0.5) is 0 Å². The topological polar surface area (TPSA) is 92.1 Å². The summed E-state index contributed by atoms with van der Waals surface area (Å²) in [5, 5.41) is 15.8. The molecule has 0 amide bonds. The van der Waals surface area contributed by atoms with Gasteiger partial charge in [-0.15, -0.1) is 0 Å². The van der Waals surface area contributed by atoms with Gasteiger partial charge in [-0.2, -0.15) is 5.10 Å². The van der Waals surface area contributed by atoms with Crippen LogP contribution >= 0.6 is 0 Å². The van der Waals surface area contributed by atoms with Gasteiger partial charge in [-0.3, -0.25) is 0 Å². The summed E-state index contributed by atoms with van der Waals surface area (Å²) in [4.78, 5) is 15.6. The fraction of sp³-hybridized carbons (Fsp3) is 0.360. The second kappa shape index (κ2) is 9.35. The monoisotopic (exact) mass is 419 g/mol. The summed E-state index contributed by atoms with van der Waals surface area (Å²) in [5.74, 6) is 5.10. The summed E-state index contributed by atoms with van der Waals surface area (Å²) in [6, 6.07) is 16.8. The van der Waals surface area contributed by atoms with E-state index in [4.69, 9.17) is 10.3 Å². The van der Waals surface area contributed by atoms with E-state index >= 15 is 0 Å². The molecular formula is C25H29N3O3. The minimum atomic E-state index is -0.529. The molecule has 4 rings (SSSR count). The first kappa shape index (κ1) is 21.1. The number of nitrogens with zero attached hydrogens (tertiary/aromatic N) is 2. The molecule has 1 aromatic heterocycles. The first-order chi connectivity index (χ1) is 15.1. The number of benzene rings is 2. The van der Waals surface area contributed by atoms with E-state index in [1.807, 2.05) is 43.3 Å². The molecule has 2 heterocycles. The van der Waals surface area contributed by atoms with E-state index in [0.717, 1.165) is 37.2 Å². The molecule has 1 aliphatic heterocycles. The van der Waals surface area contributed by atoms with Gasteiger partial charge >= 0.3 is 5.63 Å². The highest BCUT2D eigenvalue weighted by atomic mass is 16.4. The van der Waals surface area contributed by atoms with Gasteiger partial charge in [-0.05, 0) is 50.6 Å². The maximum Gasteiger partial charge on any atom is 0.343 e. The van der Waals surface area contributed by atoms with Crippen LogP contribution in [0.3, 0.4) is 0 Å². The van der Waals surface area contributed by atoms with Gasteiger partial charge in [-0.1, -0.05) is 48.9 Å². The quantitative estimate of drug-likeness (QED) is 0.272. The van der Waals surface area contributed by atoms with Crippen LogP contribution in [0.15, 0.2) is 68.9 Å². The average molecular weight is 420 g/mol. The first-order valence-electron chi connectivity index (χ1n) is 10.9. The molecule has 0 bridgehead atoms. The molecule has 0 radical (unpaired) electrons. The van der Waals surface area contributed by atoms with Crippen molar-refractivity contribution >= 4 is 16.7 Å². The van der Waals surface area contributed by atoms with Crippen LogP contribution in [0.1, 0.15) is 43.2 Å². The molecule has 2 aromatic carbocycles. The highest BCUT2D eigenvalue weighted by molar-refractivity contribution is 5.88.